The van der Waals surface area contributed by atoms with Crippen LogP contribution in [0.3, 0.4) is 0 Å². The van der Waals surface area contributed by atoms with E-state index in [1.807, 2.05) is 0 Å². The molecule has 32 heavy (non-hydrogen) atoms. The van der Waals surface area contributed by atoms with Gasteiger partial charge < -0.3 is 30.0 Å². The SMILES string of the molecule is CC(=O)OCc1cc(OC(C)=O)c2c(c1)N1CC3C(N3C(C)=O)C(O)(O1)C2COC(N)=O. The van der Waals surface area contributed by atoms with Crippen LogP contribution in [0.2, 0.25) is 0 Å². The first-order chi connectivity index (χ1) is 15.0. The number of aliphatic hydroxyl groups is 1. The van der Waals surface area contributed by atoms with Crippen molar-refractivity contribution >= 4 is 29.6 Å². The molecule has 3 heterocycles. The largest absolute Gasteiger partial charge is 0.461 e. The maximum Gasteiger partial charge on any atom is 0.404 e. The van der Waals surface area contributed by atoms with Gasteiger partial charge >= 0.3 is 18.0 Å². The standard InChI is InChI=1S/C20H23N3O9/c1-9(24)23-15-6-22-14-4-12(7-29-10(2)25)5-16(31-11(3)26)17(14)13(8-30-19(21)27)20(28,32-22)18(15)23/h4-5,13,15,18,28H,6-8H2,1-3H3,(H2,21,27). The summed E-state index contributed by atoms with van der Waals surface area (Å²) in [4.78, 5) is 53.8. The Morgan fingerprint density at radius 3 is 2.50 bits per heavy atom. The number of benzene rings is 1. The van der Waals surface area contributed by atoms with Crippen LogP contribution >= 0.6 is 0 Å². The summed E-state index contributed by atoms with van der Waals surface area (Å²) in [5.41, 5.74) is 6.40. The van der Waals surface area contributed by atoms with E-state index in [2.05, 4.69) is 0 Å². The minimum Gasteiger partial charge on any atom is -0.461 e. The first-order valence-electron chi connectivity index (χ1n) is 9.91. The molecule has 0 aromatic heterocycles. The number of anilines is 1. The molecule has 0 saturated carbocycles. The third-order valence-corrected chi connectivity index (χ3v) is 5.71. The van der Waals surface area contributed by atoms with Crippen molar-refractivity contribution in [3.05, 3.63) is 23.3 Å². The second-order valence-corrected chi connectivity index (χ2v) is 7.93. The molecular weight excluding hydrogens is 426 g/mol. The fraction of sp³-hybridized carbons (Fsp3) is 0.500. The number of fused-ring (bicyclic) bond motifs is 6. The van der Waals surface area contributed by atoms with Crippen molar-refractivity contribution in [2.45, 2.75) is 51.2 Å². The molecule has 4 rings (SSSR count). The van der Waals surface area contributed by atoms with E-state index in [1.165, 1.54) is 36.8 Å². The van der Waals surface area contributed by atoms with Crippen molar-refractivity contribution < 1.29 is 43.3 Å². The van der Waals surface area contributed by atoms with Gasteiger partial charge in [0, 0.05) is 26.3 Å². The van der Waals surface area contributed by atoms with Crippen molar-refractivity contribution in [3.63, 3.8) is 0 Å². The Labute approximate surface area is 182 Å². The molecule has 2 amide bonds. The Balaban J connectivity index is 1.84. The average Bonchev–Trinajstić information content (AvgIpc) is 3.41. The van der Waals surface area contributed by atoms with Gasteiger partial charge in [0.1, 0.15) is 25.0 Å². The molecule has 1 aromatic carbocycles. The number of nitrogens with zero attached hydrogens (tertiary/aromatic N) is 2. The van der Waals surface area contributed by atoms with Crippen molar-refractivity contribution in [2.24, 2.45) is 5.73 Å². The number of hydrogen-bond acceptors (Lipinski definition) is 10. The van der Waals surface area contributed by atoms with Crippen molar-refractivity contribution in [1.29, 1.82) is 0 Å². The maximum absolute atomic E-state index is 12.1. The molecule has 12 heteroatoms. The fourth-order valence-electron chi connectivity index (χ4n) is 4.53. The predicted octanol–water partition coefficient (Wildman–Crippen LogP) is -0.0930. The van der Waals surface area contributed by atoms with Gasteiger partial charge in [-0.2, -0.15) is 0 Å². The summed E-state index contributed by atoms with van der Waals surface area (Å²) in [6, 6.07) is 2.14. The summed E-state index contributed by atoms with van der Waals surface area (Å²) in [7, 11) is 0. The number of primary amides is 1. The van der Waals surface area contributed by atoms with Crippen molar-refractivity contribution in [3.8, 4) is 5.75 Å². The highest BCUT2D eigenvalue weighted by Gasteiger charge is 2.71. The molecule has 3 N–H and O–H groups in total. The molecule has 4 atom stereocenters. The third-order valence-electron chi connectivity index (χ3n) is 5.71. The van der Waals surface area contributed by atoms with Crippen LogP contribution in [0.5, 0.6) is 5.75 Å². The number of carbonyl (C=O) groups excluding carboxylic acids is 4. The first kappa shape index (κ1) is 21.8. The summed E-state index contributed by atoms with van der Waals surface area (Å²) in [5, 5.41) is 13.0. The zero-order chi connectivity index (χ0) is 23.4. The van der Waals surface area contributed by atoms with Gasteiger partial charge in [0.2, 0.25) is 11.7 Å². The molecule has 0 aliphatic carbocycles. The number of rotatable bonds is 5. The lowest BCUT2D eigenvalue weighted by molar-refractivity contribution is -0.250. The highest BCUT2D eigenvalue weighted by Crippen LogP contribution is 2.57. The molecule has 2 fully saturated rings. The van der Waals surface area contributed by atoms with Gasteiger partial charge in [-0.05, 0) is 17.7 Å². The van der Waals surface area contributed by atoms with Gasteiger partial charge in [0.05, 0.1) is 24.2 Å². The van der Waals surface area contributed by atoms with Crippen LogP contribution in [-0.2, 0) is 35.3 Å². The Bertz CT molecular complexity index is 1010. The number of nitrogens with two attached hydrogens (primary N) is 1. The van der Waals surface area contributed by atoms with E-state index in [9.17, 15) is 24.3 Å². The van der Waals surface area contributed by atoms with Crippen molar-refractivity contribution in [1.82, 2.24) is 4.90 Å². The van der Waals surface area contributed by atoms with Gasteiger partial charge in [-0.1, -0.05) is 0 Å². The van der Waals surface area contributed by atoms with Gasteiger partial charge in [0.15, 0.2) is 0 Å². The van der Waals surface area contributed by atoms with E-state index in [0.29, 0.717) is 16.8 Å². The summed E-state index contributed by atoms with van der Waals surface area (Å²) < 4.78 is 15.5. The van der Waals surface area contributed by atoms with E-state index >= 15 is 0 Å². The van der Waals surface area contributed by atoms with E-state index in [1.54, 1.807) is 6.07 Å². The maximum atomic E-state index is 12.1. The van der Waals surface area contributed by atoms with Gasteiger partial charge in [-0.3, -0.25) is 14.4 Å². The van der Waals surface area contributed by atoms with Crippen LogP contribution in [-0.4, -0.2) is 65.0 Å². The minimum absolute atomic E-state index is 0.0791. The van der Waals surface area contributed by atoms with Crippen LogP contribution in [0.15, 0.2) is 12.1 Å². The van der Waals surface area contributed by atoms with Crippen molar-refractivity contribution in [2.75, 3.05) is 18.2 Å². The normalized spacial score (nSPS) is 27.1. The van der Waals surface area contributed by atoms with Crippen LogP contribution < -0.4 is 15.5 Å². The van der Waals surface area contributed by atoms with E-state index < -0.39 is 35.8 Å². The second-order valence-electron chi connectivity index (χ2n) is 7.93. The number of amides is 2. The smallest absolute Gasteiger partial charge is 0.404 e. The lowest BCUT2D eigenvalue weighted by atomic mass is 9.82. The molecule has 3 aliphatic rings. The topological polar surface area (TPSA) is 158 Å². The molecule has 12 nitrogen and oxygen atoms in total. The molecule has 172 valence electrons. The van der Waals surface area contributed by atoms with E-state index in [0.717, 1.165) is 0 Å². The molecule has 2 saturated heterocycles. The van der Waals surface area contributed by atoms with Crippen LogP contribution in [0, 0.1) is 0 Å². The lowest BCUT2D eigenvalue weighted by Crippen LogP contribution is -2.59. The fourth-order valence-corrected chi connectivity index (χ4v) is 4.53. The van der Waals surface area contributed by atoms with Crippen LogP contribution in [0.25, 0.3) is 0 Å². The van der Waals surface area contributed by atoms with Crippen LogP contribution in [0.4, 0.5) is 10.5 Å². The Hall–Kier alpha value is -3.38. The van der Waals surface area contributed by atoms with E-state index in [-0.39, 0.29) is 37.5 Å². The second kappa shape index (κ2) is 7.64. The third kappa shape index (κ3) is 3.60. The summed E-state index contributed by atoms with van der Waals surface area (Å²) in [6.07, 6.45) is -1.07. The Morgan fingerprint density at radius 1 is 1.19 bits per heavy atom. The number of hydrogen-bond donors (Lipinski definition) is 2. The highest BCUT2D eigenvalue weighted by molar-refractivity contribution is 5.79. The molecule has 3 aliphatic heterocycles. The average molecular weight is 449 g/mol. The Kier molecular flexibility index (Phi) is 5.21. The highest BCUT2D eigenvalue weighted by atomic mass is 16.8. The molecular formula is C20H23N3O9. The number of esters is 2. The molecule has 2 bridgehead atoms. The zero-order valence-corrected chi connectivity index (χ0v) is 17.7. The zero-order valence-electron chi connectivity index (χ0n) is 17.7. The summed E-state index contributed by atoms with van der Waals surface area (Å²) >= 11 is 0. The van der Waals surface area contributed by atoms with Crippen LogP contribution in [0.1, 0.15) is 37.8 Å². The quantitative estimate of drug-likeness (QED) is 0.353. The van der Waals surface area contributed by atoms with Gasteiger partial charge in [-0.15, -0.1) is 0 Å². The number of hydroxylamine groups is 1. The number of ether oxygens (including phenoxy) is 3. The first-order valence-corrected chi connectivity index (χ1v) is 9.91. The molecule has 4 unspecified atom stereocenters. The number of carbonyl (C=O) groups is 4. The minimum atomic E-state index is -1.96. The monoisotopic (exact) mass is 449 g/mol. The van der Waals surface area contributed by atoms with Gasteiger partial charge in [0.25, 0.3) is 0 Å². The summed E-state index contributed by atoms with van der Waals surface area (Å²) in [6.45, 7) is 3.62. The molecule has 0 spiro atoms. The lowest BCUT2D eigenvalue weighted by Gasteiger charge is -2.47. The molecule has 1 aromatic rings. The molecule has 0 radical (unpaired) electrons. The van der Waals surface area contributed by atoms with Gasteiger partial charge in [-0.25, -0.2) is 14.7 Å². The predicted molar refractivity (Wildman–Crippen MR) is 105 cm³/mol. The van der Waals surface area contributed by atoms with E-state index in [4.69, 9.17) is 24.8 Å². The Morgan fingerprint density at radius 2 is 1.91 bits per heavy atom. The summed E-state index contributed by atoms with van der Waals surface area (Å²) in [5.74, 6) is -4.28.